The lowest BCUT2D eigenvalue weighted by molar-refractivity contribution is 0.298. The van der Waals surface area contributed by atoms with Crippen LogP contribution in [-0.2, 0) is 6.42 Å². The number of nitrogens with one attached hydrogen (secondary N) is 2. The lowest BCUT2D eigenvalue weighted by Crippen LogP contribution is -2.38. The molecule has 0 aliphatic rings. The minimum Gasteiger partial charge on any atom is -0.493 e. The van der Waals surface area contributed by atoms with E-state index in [0.717, 1.165) is 18.7 Å². The number of anilines is 1. The zero-order valence-electron chi connectivity index (χ0n) is 18.2. The van der Waals surface area contributed by atoms with Gasteiger partial charge >= 0.3 is 0 Å². The van der Waals surface area contributed by atoms with Crippen LogP contribution in [0.4, 0.5) is 5.69 Å². The second-order valence-electron chi connectivity index (χ2n) is 6.72. The molecule has 7 heteroatoms. The number of aryl methyl sites for hydroxylation is 1. The first-order valence-corrected chi connectivity index (χ1v) is 9.47. The average Bonchev–Trinajstić information content (AvgIpc) is 2.73. The molecule has 0 fully saturated rings. The summed E-state index contributed by atoms with van der Waals surface area (Å²) >= 11 is 0. The van der Waals surface area contributed by atoms with Crippen LogP contribution in [0.2, 0.25) is 0 Å². The maximum atomic E-state index is 5.37. The normalized spacial score (nSPS) is 12.2. The summed E-state index contributed by atoms with van der Waals surface area (Å²) in [4.78, 5) is 6.54. The van der Waals surface area contributed by atoms with Crippen molar-refractivity contribution in [3.05, 3.63) is 53.6 Å². The van der Waals surface area contributed by atoms with E-state index >= 15 is 0 Å². The van der Waals surface area contributed by atoms with Crippen LogP contribution in [0.25, 0.3) is 0 Å². The Kier molecular flexibility index (Phi) is 10.8. The van der Waals surface area contributed by atoms with Crippen molar-refractivity contribution in [1.82, 2.24) is 10.2 Å². The van der Waals surface area contributed by atoms with E-state index in [9.17, 15) is 0 Å². The molecule has 0 spiro atoms. The molecular weight excluding hydrogens is 479 g/mol. The second-order valence-corrected chi connectivity index (χ2v) is 6.72. The Morgan fingerprint density at radius 2 is 1.69 bits per heavy atom. The number of ether oxygens (including phenoxy) is 2. The van der Waals surface area contributed by atoms with Crippen LogP contribution in [0.1, 0.15) is 24.1 Å². The molecule has 0 saturated carbocycles. The van der Waals surface area contributed by atoms with Gasteiger partial charge in [-0.05, 0) is 43.8 Å². The number of nitrogens with zero attached hydrogens (tertiary/aromatic N) is 2. The Morgan fingerprint density at radius 3 is 2.21 bits per heavy atom. The first-order valence-electron chi connectivity index (χ1n) is 9.47. The predicted molar refractivity (Wildman–Crippen MR) is 132 cm³/mol. The fraction of sp³-hybridized carbons (Fsp3) is 0.409. The molecule has 6 nitrogen and oxygen atoms in total. The van der Waals surface area contributed by atoms with Crippen molar-refractivity contribution in [3.63, 3.8) is 0 Å². The van der Waals surface area contributed by atoms with Crippen molar-refractivity contribution in [3.8, 4) is 11.5 Å². The highest BCUT2D eigenvalue weighted by Gasteiger charge is 2.15. The van der Waals surface area contributed by atoms with E-state index in [0.29, 0.717) is 17.5 Å². The van der Waals surface area contributed by atoms with Gasteiger partial charge in [-0.25, -0.2) is 0 Å². The molecule has 0 aliphatic heterocycles. The van der Waals surface area contributed by atoms with Gasteiger partial charge in [-0.2, -0.15) is 0 Å². The summed E-state index contributed by atoms with van der Waals surface area (Å²) in [5.74, 6) is 2.06. The summed E-state index contributed by atoms with van der Waals surface area (Å²) in [5.41, 5.74) is 3.50. The summed E-state index contributed by atoms with van der Waals surface area (Å²) < 4.78 is 10.7. The molecule has 2 rings (SSSR count). The topological polar surface area (TPSA) is 58.1 Å². The first-order chi connectivity index (χ1) is 13.5. The number of methoxy groups -OCH3 is 2. The molecule has 1 unspecified atom stereocenters. The molecule has 0 aliphatic carbocycles. The number of rotatable bonds is 8. The third-order valence-corrected chi connectivity index (χ3v) is 4.73. The molecule has 0 bridgehead atoms. The van der Waals surface area contributed by atoms with Crippen LogP contribution in [0.15, 0.2) is 47.5 Å². The fourth-order valence-electron chi connectivity index (χ4n) is 3.00. The van der Waals surface area contributed by atoms with Crippen molar-refractivity contribution in [2.45, 2.75) is 19.4 Å². The van der Waals surface area contributed by atoms with E-state index in [4.69, 9.17) is 9.47 Å². The summed E-state index contributed by atoms with van der Waals surface area (Å²) in [7, 11) is 9.19. The lowest BCUT2D eigenvalue weighted by atomic mass is 10.0. The van der Waals surface area contributed by atoms with Gasteiger partial charge in [0.15, 0.2) is 17.5 Å². The summed E-state index contributed by atoms with van der Waals surface area (Å²) in [6.45, 7) is 2.90. The van der Waals surface area contributed by atoms with E-state index in [1.807, 2.05) is 18.2 Å². The van der Waals surface area contributed by atoms with Crippen LogP contribution < -0.4 is 20.1 Å². The maximum Gasteiger partial charge on any atom is 0.195 e. The van der Waals surface area contributed by atoms with Gasteiger partial charge in [0.1, 0.15) is 0 Å². The van der Waals surface area contributed by atoms with Crippen LogP contribution in [0, 0.1) is 0 Å². The van der Waals surface area contributed by atoms with Crippen molar-refractivity contribution in [2.24, 2.45) is 4.99 Å². The molecule has 29 heavy (non-hydrogen) atoms. The van der Waals surface area contributed by atoms with E-state index in [1.165, 1.54) is 11.1 Å². The summed E-state index contributed by atoms with van der Waals surface area (Å²) in [6, 6.07) is 14.7. The Bertz CT molecular complexity index is 779. The van der Waals surface area contributed by atoms with Gasteiger partial charge in [0.05, 0.1) is 20.3 Å². The minimum absolute atomic E-state index is 0. The van der Waals surface area contributed by atoms with Crippen LogP contribution in [0.5, 0.6) is 11.5 Å². The fourth-order valence-corrected chi connectivity index (χ4v) is 3.00. The van der Waals surface area contributed by atoms with Crippen molar-refractivity contribution in [2.75, 3.05) is 47.2 Å². The predicted octanol–water partition coefficient (Wildman–Crippen LogP) is 4.17. The van der Waals surface area contributed by atoms with E-state index in [1.54, 1.807) is 21.3 Å². The Morgan fingerprint density at radius 1 is 1.03 bits per heavy atom. The average molecular weight is 512 g/mol. The first kappa shape index (κ1) is 25.0. The molecule has 0 saturated heterocycles. The number of halogens is 1. The van der Waals surface area contributed by atoms with Crippen LogP contribution in [0.3, 0.4) is 0 Å². The highest BCUT2D eigenvalue weighted by molar-refractivity contribution is 14.0. The van der Waals surface area contributed by atoms with Crippen molar-refractivity contribution in [1.29, 1.82) is 0 Å². The van der Waals surface area contributed by atoms with E-state index in [-0.39, 0.29) is 30.0 Å². The summed E-state index contributed by atoms with van der Waals surface area (Å²) in [6.07, 6.45) is 1.05. The number of likely N-dealkylation sites (N-methyl/N-ethyl adjacent to an activating group) is 1. The highest BCUT2D eigenvalue weighted by atomic mass is 127. The molecule has 0 aromatic heterocycles. The zero-order valence-corrected chi connectivity index (χ0v) is 20.5. The Labute approximate surface area is 191 Å². The minimum atomic E-state index is 0. The molecular formula is C22H33IN4O2. The maximum absolute atomic E-state index is 5.37. The van der Waals surface area contributed by atoms with Gasteiger partial charge in [-0.3, -0.25) is 4.99 Å². The SMILES string of the molecule is CCc1ccc(C(CNC(=NC)Nc2ccc(OC)c(OC)c2)N(C)C)cc1.I. The quantitative estimate of drug-likeness (QED) is 0.316. The molecule has 160 valence electrons. The van der Waals surface area contributed by atoms with E-state index < -0.39 is 0 Å². The molecule has 2 aromatic carbocycles. The van der Waals surface area contributed by atoms with Crippen molar-refractivity contribution >= 4 is 35.6 Å². The van der Waals surface area contributed by atoms with Crippen LogP contribution >= 0.6 is 24.0 Å². The zero-order chi connectivity index (χ0) is 20.5. The molecule has 1 atom stereocenters. The van der Waals surface area contributed by atoms with Gasteiger partial charge in [0.25, 0.3) is 0 Å². The summed E-state index contributed by atoms with van der Waals surface area (Å²) in [5, 5.41) is 6.72. The number of hydrogen-bond acceptors (Lipinski definition) is 4. The third-order valence-electron chi connectivity index (χ3n) is 4.73. The van der Waals surface area contributed by atoms with Gasteiger partial charge in [-0.1, -0.05) is 31.2 Å². The Balaban J connectivity index is 0.00000420. The number of aliphatic imine (C=N–C) groups is 1. The second kappa shape index (κ2) is 12.5. The van der Waals surface area contributed by atoms with Gasteiger partial charge in [-0.15, -0.1) is 24.0 Å². The standard InChI is InChI=1S/C22H32N4O2.HI/c1-7-16-8-10-17(11-9-16)19(26(3)4)15-24-22(23-2)25-18-12-13-20(27-5)21(14-18)28-6;/h8-14,19H,7,15H2,1-6H3,(H2,23,24,25);1H. The van der Waals surface area contributed by atoms with Gasteiger partial charge < -0.3 is 25.0 Å². The largest absolute Gasteiger partial charge is 0.493 e. The molecule has 0 heterocycles. The van der Waals surface area contributed by atoms with Crippen LogP contribution in [-0.4, -0.2) is 52.8 Å². The number of benzene rings is 2. The lowest BCUT2D eigenvalue weighted by Gasteiger charge is -2.26. The van der Waals surface area contributed by atoms with E-state index in [2.05, 4.69) is 65.8 Å². The Hall–Kier alpha value is -2.00. The number of guanidine groups is 1. The molecule has 2 aromatic rings. The van der Waals surface area contributed by atoms with Gasteiger partial charge in [0.2, 0.25) is 0 Å². The third kappa shape index (κ3) is 7.08. The van der Waals surface area contributed by atoms with Gasteiger partial charge in [0, 0.05) is 25.3 Å². The smallest absolute Gasteiger partial charge is 0.195 e. The highest BCUT2D eigenvalue weighted by Crippen LogP contribution is 2.29. The monoisotopic (exact) mass is 512 g/mol. The molecule has 0 amide bonds. The molecule has 0 radical (unpaired) electrons. The number of hydrogen-bond donors (Lipinski definition) is 2. The molecule has 2 N–H and O–H groups in total. The van der Waals surface area contributed by atoms with Crippen molar-refractivity contribution < 1.29 is 9.47 Å².